The average molecular weight is 338 g/mol. The summed E-state index contributed by atoms with van der Waals surface area (Å²) >= 11 is 5.81. The lowest BCUT2D eigenvalue weighted by atomic mass is 9.88. The van der Waals surface area contributed by atoms with Crippen molar-refractivity contribution in [1.82, 2.24) is 10.2 Å². The number of nitrogens with one attached hydrogen (secondary N) is 1. The molecular weight excluding hydrogens is 318 g/mol. The second kappa shape index (κ2) is 6.84. The Hall–Kier alpha value is -1.66. The van der Waals surface area contributed by atoms with Gasteiger partial charge in [-0.3, -0.25) is 14.9 Å². The third-order valence-electron chi connectivity index (χ3n) is 4.88. The van der Waals surface area contributed by atoms with Crippen LogP contribution >= 0.6 is 11.6 Å². The number of hydrogen-bond donors (Lipinski definition) is 1. The van der Waals surface area contributed by atoms with Gasteiger partial charge in [0.2, 0.25) is 0 Å². The molecule has 3 rings (SSSR count). The quantitative estimate of drug-likeness (QED) is 0.679. The average Bonchev–Trinajstić information content (AvgIpc) is 3.09. The molecule has 2 fully saturated rings. The number of nitro groups is 1. The zero-order valence-electron chi connectivity index (χ0n) is 12.8. The van der Waals surface area contributed by atoms with Crippen molar-refractivity contribution >= 4 is 23.2 Å². The minimum absolute atomic E-state index is 0.122. The van der Waals surface area contributed by atoms with Gasteiger partial charge in [-0.15, -0.1) is 0 Å². The van der Waals surface area contributed by atoms with E-state index in [2.05, 4.69) is 5.32 Å². The van der Waals surface area contributed by atoms with E-state index < -0.39 is 4.92 Å². The van der Waals surface area contributed by atoms with Gasteiger partial charge in [-0.05, 0) is 50.3 Å². The highest BCUT2D eigenvalue weighted by Crippen LogP contribution is 2.29. The Labute approximate surface area is 139 Å². The highest BCUT2D eigenvalue weighted by molar-refractivity contribution is 6.31. The summed E-state index contributed by atoms with van der Waals surface area (Å²) in [5, 5.41) is 14.9. The van der Waals surface area contributed by atoms with Gasteiger partial charge < -0.3 is 10.2 Å². The Morgan fingerprint density at radius 1 is 1.30 bits per heavy atom. The number of nitro benzene ring substituents is 1. The van der Waals surface area contributed by atoms with E-state index in [9.17, 15) is 14.9 Å². The molecule has 2 heterocycles. The number of likely N-dealkylation sites (tertiary alicyclic amines) is 1. The molecule has 0 aliphatic carbocycles. The van der Waals surface area contributed by atoms with Crippen molar-refractivity contribution in [2.24, 2.45) is 5.92 Å². The van der Waals surface area contributed by atoms with Gasteiger partial charge >= 0.3 is 0 Å². The van der Waals surface area contributed by atoms with Gasteiger partial charge in [0, 0.05) is 30.2 Å². The summed E-state index contributed by atoms with van der Waals surface area (Å²) in [7, 11) is 0. The van der Waals surface area contributed by atoms with Gasteiger partial charge in [0.15, 0.2) is 0 Å². The molecule has 0 spiro atoms. The molecule has 1 unspecified atom stereocenters. The SMILES string of the molecule is O=C(c1ccc(Cl)cc1[N+](=O)[O-])N1CCC(C2CCCN2)CC1. The van der Waals surface area contributed by atoms with Crippen LogP contribution in [0, 0.1) is 16.0 Å². The molecule has 6 nitrogen and oxygen atoms in total. The van der Waals surface area contributed by atoms with Crippen molar-refractivity contribution in [3.05, 3.63) is 38.9 Å². The molecule has 1 amide bonds. The number of piperidine rings is 1. The first-order valence-electron chi connectivity index (χ1n) is 8.03. The molecule has 1 atom stereocenters. The summed E-state index contributed by atoms with van der Waals surface area (Å²) in [5.74, 6) is 0.327. The zero-order valence-corrected chi connectivity index (χ0v) is 13.6. The molecule has 0 radical (unpaired) electrons. The van der Waals surface area contributed by atoms with Gasteiger partial charge in [0.25, 0.3) is 11.6 Å². The molecule has 7 heteroatoms. The van der Waals surface area contributed by atoms with Crippen LogP contribution in [0.5, 0.6) is 0 Å². The molecular formula is C16H20ClN3O3. The third kappa shape index (κ3) is 3.48. The van der Waals surface area contributed by atoms with E-state index >= 15 is 0 Å². The molecule has 2 aliphatic rings. The number of amides is 1. The maximum atomic E-state index is 12.6. The fourth-order valence-electron chi connectivity index (χ4n) is 3.63. The Bertz CT molecular complexity index is 609. The number of benzene rings is 1. The number of halogens is 1. The van der Waals surface area contributed by atoms with Crippen LogP contribution in [0.4, 0.5) is 5.69 Å². The lowest BCUT2D eigenvalue weighted by Gasteiger charge is -2.34. The number of nitrogens with zero attached hydrogens (tertiary/aromatic N) is 2. The molecule has 2 aliphatic heterocycles. The van der Waals surface area contributed by atoms with Crippen molar-refractivity contribution in [2.75, 3.05) is 19.6 Å². The van der Waals surface area contributed by atoms with Gasteiger partial charge in [-0.2, -0.15) is 0 Å². The van der Waals surface area contributed by atoms with Gasteiger partial charge in [0.1, 0.15) is 5.56 Å². The van der Waals surface area contributed by atoms with Crippen LogP contribution in [-0.2, 0) is 0 Å². The van der Waals surface area contributed by atoms with Crippen molar-refractivity contribution < 1.29 is 9.72 Å². The predicted octanol–water partition coefficient (Wildman–Crippen LogP) is 2.85. The van der Waals surface area contributed by atoms with Crippen LogP contribution < -0.4 is 5.32 Å². The topological polar surface area (TPSA) is 75.5 Å². The first kappa shape index (κ1) is 16.2. The molecule has 1 aromatic carbocycles. The van der Waals surface area contributed by atoms with Gasteiger partial charge in [0.05, 0.1) is 4.92 Å². The molecule has 2 saturated heterocycles. The highest BCUT2D eigenvalue weighted by atomic mass is 35.5. The first-order chi connectivity index (χ1) is 11.1. The summed E-state index contributed by atoms with van der Waals surface area (Å²) in [6, 6.07) is 4.78. The van der Waals surface area contributed by atoms with Crippen molar-refractivity contribution in [3.63, 3.8) is 0 Å². The van der Waals surface area contributed by atoms with E-state index in [0.29, 0.717) is 25.0 Å². The second-order valence-electron chi connectivity index (χ2n) is 6.25. The van der Waals surface area contributed by atoms with E-state index in [1.54, 1.807) is 4.90 Å². The summed E-state index contributed by atoms with van der Waals surface area (Å²) < 4.78 is 0. The van der Waals surface area contributed by atoms with E-state index in [0.717, 1.165) is 19.4 Å². The van der Waals surface area contributed by atoms with Crippen LogP contribution in [-0.4, -0.2) is 41.4 Å². The summed E-state index contributed by atoms with van der Waals surface area (Å²) in [6.07, 6.45) is 4.33. The lowest BCUT2D eigenvalue weighted by molar-refractivity contribution is -0.385. The lowest BCUT2D eigenvalue weighted by Crippen LogP contribution is -2.43. The number of rotatable bonds is 3. The largest absolute Gasteiger partial charge is 0.338 e. The predicted molar refractivity (Wildman–Crippen MR) is 87.8 cm³/mol. The number of hydrogen-bond acceptors (Lipinski definition) is 4. The Kier molecular flexibility index (Phi) is 4.82. The molecule has 0 bridgehead atoms. The van der Waals surface area contributed by atoms with Crippen molar-refractivity contribution in [3.8, 4) is 0 Å². The van der Waals surface area contributed by atoms with Crippen LogP contribution in [0.15, 0.2) is 18.2 Å². The molecule has 1 N–H and O–H groups in total. The van der Waals surface area contributed by atoms with E-state index in [-0.39, 0.29) is 22.2 Å². The molecule has 23 heavy (non-hydrogen) atoms. The smallest absolute Gasteiger partial charge is 0.283 e. The summed E-state index contributed by atoms with van der Waals surface area (Å²) in [4.78, 5) is 25.0. The molecule has 0 aromatic heterocycles. The fourth-order valence-corrected chi connectivity index (χ4v) is 3.79. The monoisotopic (exact) mass is 337 g/mol. The molecule has 0 saturated carbocycles. The fraction of sp³-hybridized carbons (Fsp3) is 0.562. The third-order valence-corrected chi connectivity index (χ3v) is 5.12. The minimum atomic E-state index is -0.547. The van der Waals surface area contributed by atoms with Gasteiger partial charge in [-0.1, -0.05) is 11.6 Å². The van der Waals surface area contributed by atoms with E-state index in [4.69, 9.17) is 11.6 Å². The van der Waals surface area contributed by atoms with Crippen LogP contribution in [0.3, 0.4) is 0 Å². The molecule has 124 valence electrons. The standard InChI is InChI=1S/C16H20ClN3O3/c17-12-3-4-13(15(10-12)20(22)23)16(21)19-8-5-11(6-9-19)14-2-1-7-18-14/h3-4,10-11,14,18H,1-2,5-9H2. The van der Waals surface area contributed by atoms with Gasteiger partial charge in [-0.25, -0.2) is 0 Å². The first-order valence-corrected chi connectivity index (χ1v) is 8.40. The number of carbonyl (C=O) groups is 1. The van der Waals surface area contributed by atoms with E-state index in [1.807, 2.05) is 0 Å². The van der Waals surface area contributed by atoms with Crippen molar-refractivity contribution in [2.45, 2.75) is 31.7 Å². The maximum absolute atomic E-state index is 12.6. The Balaban J connectivity index is 1.69. The van der Waals surface area contributed by atoms with Crippen LogP contribution in [0.25, 0.3) is 0 Å². The highest BCUT2D eigenvalue weighted by Gasteiger charge is 2.32. The van der Waals surface area contributed by atoms with Crippen molar-refractivity contribution in [1.29, 1.82) is 0 Å². The summed E-state index contributed by atoms with van der Waals surface area (Å²) in [6.45, 7) is 2.39. The van der Waals surface area contributed by atoms with Crippen LogP contribution in [0.2, 0.25) is 5.02 Å². The zero-order chi connectivity index (χ0) is 16.4. The molecule has 1 aromatic rings. The Morgan fingerprint density at radius 3 is 2.65 bits per heavy atom. The second-order valence-corrected chi connectivity index (χ2v) is 6.69. The van der Waals surface area contributed by atoms with E-state index in [1.165, 1.54) is 31.0 Å². The maximum Gasteiger partial charge on any atom is 0.283 e. The van der Waals surface area contributed by atoms with Crippen LogP contribution in [0.1, 0.15) is 36.0 Å². The Morgan fingerprint density at radius 2 is 2.04 bits per heavy atom. The number of carbonyl (C=O) groups excluding carboxylic acids is 1. The summed E-state index contributed by atoms with van der Waals surface area (Å²) in [5.41, 5.74) is -0.0982. The normalized spacial score (nSPS) is 22.3. The minimum Gasteiger partial charge on any atom is -0.338 e.